The Labute approximate surface area is 387 Å². The van der Waals surface area contributed by atoms with Gasteiger partial charge in [-0.25, -0.2) is 19.3 Å². The van der Waals surface area contributed by atoms with Crippen LogP contribution >= 0.6 is 35.2 Å². The number of nitrogens with zero attached hydrogens (tertiary/aromatic N) is 4. The molecule has 0 radical (unpaired) electrons. The van der Waals surface area contributed by atoms with E-state index in [2.05, 4.69) is 50.4 Å². The minimum atomic E-state index is -5.92. The molecule has 66 heavy (non-hydrogen) atoms. The Bertz CT molecular complexity index is 2050. The smallest absolute Gasteiger partial charge is 0.274 e. The number of phosphoric acid groups is 3. The van der Waals surface area contributed by atoms with Gasteiger partial charge >= 0.3 is 0 Å². The molecule has 2 amide bonds. The first kappa shape index (κ1) is 56.2. The molecule has 4 rings (SSSR count). The lowest BCUT2D eigenvalue weighted by Gasteiger charge is -2.36. The van der Waals surface area contributed by atoms with Gasteiger partial charge in [0, 0.05) is 37.1 Å². The summed E-state index contributed by atoms with van der Waals surface area (Å²) in [6, 6.07) is 0. The first-order valence-corrected chi connectivity index (χ1v) is 27.4. The lowest BCUT2D eigenvalue weighted by atomic mass is 9.87. The zero-order valence-electron chi connectivity index (χ0n) is 37.3. The number of amides is 2. The zero-order valence-corrected chi connectivity index (χ0v) is 40.8. The van der Waals surface area contributed by atoms with E-state index in [0.29, 0.717) is 12.2 Å². The number of imidazole rings is 1. The number of nitrogen functional groups attached to an aromatic ring is 1. The molecule has 0 bridgehead atoms. The van der Waals surface area contributed by atoms with Crippen molar-refractivity contribution >= 4 is 69.1 Å². The van der Waals surface area contributed by atoms with Crippen LogP contribution in [0.4, 0.5) is 5.82 Å². The number of aliphatic hydroxyl groups is 2. The number of anilines is 1. The van der Waals surface area contributed by atoms with E-state index in [4.69, 9.17) is 10.5 Å². The second-order valence-corrected chi connectivity index (χ2v) is 22.3. The Balaban J connectivity index is 1.08. The van der Waals surface area contributed by atoms with Gasteiger partial charge in [0.05, 0.1) is 27.4 Å². The number of phosphoric ester groups is 3. The molecule has 2 aromatic rings. The highest BCUT2D eigenvalue weighted by atomic mass is 32.2. The van der Waals surface area contributed by atoms with Crippen molar-refractivity contribution in [2.75, 3.05) is 37.8 Å². The van der Waals surface area contributed by atoms with Crippen molar-refractivity contribution in [2.45, 2.75) is 141 Å². The molecule has 2 unspecified atom stereocenters. The number of carbonyl (C=O) groups is 3. The number of nitrogens with two attached hydrogens (primary N) is 1. The van der Waals surface area contributed by atoms with Crippen molar-refractivity contribution in [2.24, 2.45) is 17.3 Å². The number of thioether (sulfide) groups is 1. The molecule has 6 N–H and O–H groups in total. The van der Waals surface area contributed by atoms with E-state index >= 15 is 0 Å². The summed E-state index contributed by atoms with van der Waals surface area (Å²) in [6.07, 6.45) is 7.83. The molecular weight excluding hydrogens is 951 g/mol. The normalized spacial score (nSPS) is 23.3. The number of fused-ring (bicyclic) bond motifs is 1. The molecule has 3 heterocycles. The van der Waals surface area contributed by atoms with Gasteiger partial charge in [-0.2, -0.15) is 0 Å². The lowest BCUT2D eigenvalue weighted by molar-refractivity contribution is -0.347. The number of hydrogen-bond donors (Lipinski definition) is 5. The molecule has 1 aliphatic carbocycles. The Morgan fingerprint density at radius 3 is 2.27 bits per heavy atom. The molecule has 2 aromatic heterocycles. The summed E-state index contributed by atoms with van der Waals surface area (Å²) >= 11 is 1.15. The van der Waals surface area contributed by atoms with Gasteiger partial charge in [-0.05, 0) is 24.7 Å². The van der Waals surface area contributed by atoms with Crippen LogP contribution in [-0.2, 0) is 50.7 Å². The van der Waals surface area contributed by atoms with Crippen molar-refractivity contribution in [1.82, 2.24) is 30.2 Å². The minimum absolute atomic E-state index is 0.0176. The van der Waals surface area contributed by atoms with E-state index in [1.807, 2.05) is 0 Å². The van der Waals surface area contributed by atoms with Crippen LogP contribution in [0.2, 0.25) is 0 Å². The van der Waals surface area contributed by atoms with E-state index in [-0.39, 0.29) is 41.6 Å². The monoisotopic (exact) mass is 1010 g/mol. The number of hydrogen-bond acceptors (Lipinski definition) is 22. The summed E-state index contributed by atoms with van der Waals surface area (Å²) in [6.45, 7) is 2.43. The van der Waals surface area contributed by atoms with E-state index in [1.165, 1.54) is 71.6 Å². The Morgan fingerprint density at radius 1 is 0.939 bits per heavy atom. The fourth-order valence-electron chi connectivity index (χ4n) is 7.40. The predicted octanol–water partition coefficient (Wildman–Crippen LogP) is 1.47. The van der Waals surface area contributed by atoms with Crippen molar-refractivity contribution < 1.29 is 80.5 Å². The standard InChI is InChI=1S/C38H66N7O17P3S/c1-4-5-6-10-13-25-20-26(25)14-11-8-7-9-12-15-29(47)66-19-18-40-28(46)16-17-41-36(50)33(49)38(2,3)22-59-65(56,57)62-64(54,55)58-21-27-32(61-63(51,52)53)31(48)37(60-27)45-24-44-30-34(39)42-23-43-35(30)45/h23-27,31-33,37,48-49H,4-22H2,1-3H3,(H,40,46)(H,41,50)(H,54,55)(H,56,57)(H2,39,42,43)(H2,51,52,53)/p-4/t25-,26+,27+,31+,32+,33-,37+/m0/s1. The summed E-state index contributed by atoms with van der Waals surface area (Å²) in [5.41, 5.74) is 4.10. The maximum absolute atomic E-state index is 12.6. The fourth-order valence-corrected chi connectivity index (χ4v) is 10.9. The van der Waals surface area contributed by atoms with Crippen molar-refractivity contribution in [3.8, 4) is 0 Å². The van der Waals surface area contributed by atoms with Gasteiger partial charge < -0.3 is 69.0 Å². The van der Waals surface area contributed by atoms with Crippen LogP contribution in [0.25, 0.3) is 11.2 Å². The largest absolute Gasteiger partial charge is 0.790 e. The number of aliphatic hydroxyl groups excluding tert-OH is 2. The van der Waals surface area contributed by atoms with Crippen LogP contribution in [0.1, 0.15) is 117 Å². The maximum atomic E-state index is 12.6. The summed E-state index contributed by atoms with van der Waals surface area (Å²) < 4.78 is 60.8. The van der Waals surface area contributed by atoms with Crippen LogP contribution < -0.4 is 35.9 Å². The first-order chi connectivity index (χ1) is 31.0. The third kappa shape index (κ3) is 18.8. The van der Waals surface area contributed by atoms with Crippen LogP contribution in [-0.4, -0.2) is 103 Å². The highest BCUT2D eigenvalue weighted by Gasteiger charge is 2.47. The van der Waals surface area contributed by atoms with Gasteiger partial charge in [-0.15, -0.1) is 0 Å². The highest BCUT2D eigenvalue weighted by Crippen LogP contribution is 2.56. The summed E-state index contributed by atoms with van der Waals surface area (Å²) in [4.78, 5) is 96.9. The summed E-state index contributed by atoms with van der Waals surface area (Å²) in [5.74, 6) is 0.762. The SMILES string of the molecule is CCCCCC[C@H]1C[C@H]1CCCCCCCC(=O)SCCNC(=O)CCNC(=O)[C@H](O)C(C)(C)COP(=O)([O-])OP(=O)([O-])OC[C@H]1O[C@@H](n2cnc3c(N)ncnc32)[C@H](O)[C@@H]1OP(=O)([O-])[O-]. The molecule has 0 spiro atoms. The molecule has 2 aliphatic rings. The van der Waals surface area contributed by atoms with Crippen molar-refractivity contribution in [3.63, 3.8) is 0 Å². The fraction of sp³-hybridized carbons (Fsp3) is 0.789. The third-order valence-electron chi connectivity index (χ3n) is 11.2. The number of carbonyl (C=O) groups excluding carboxylic acids is 3. The molecule has 0 aromatic carbocycles. The Kier molecular flexibility index (Phi) is 22.1. The molecule has 24 nitrogen and oxygen atoms in total. The quantitative estimate of drug-likeness (QED) is 0.0512. The van der Waals surface area contributed by atoms with Crippen LogP contribution in [0.5, 0.6) is 0 Å². The van der Waals surface area contributed by atoms with Gasteiger partial charge in [0.1, 0.15) is 36.3 Å². The zero-order chi connectivity index (χ0) is 48.7. The van der Waals surface area contributed by atoms with Crippen LogP contribution in [0.3, 0.4) is 0 Å². The lowest BCUT2D eigenvalue weighted by Crippen LogP contribution is -2.46. The average Bonchev–Trinajstić information content (AvgIpc) is 3.73. The summed E-state index contributed by atoms with van der Waals surface area (Å²) in [7, 11) is -17.6. The first-order valence-electron chi connectivity index (χ1n) is 22.0. The van der Waals surface area contributed by atoms with Gasteiger partial charge in [0.25, 0.3) is 15.6 Å². The molecule has 1 saturated carbocycles. The van der Waals surface area contributed by atoms with Crippen LogP contribution in [0, 0.1) is 17.3 Å². The topological polar surface area (TPSA) is 375 Å². The molecule has 28 heteroatoms. The van der Waals surface area contributed by atoms with Crippen LogP contribution in [0.15, 0.2) is 12.7 Å². The predicted molar refractivity (Wildman–Crippen MR) is 231 cm³/mol. The molecule has 1 saturated heterocycles. The van der Waals surface area contributed by atoms with Gasteiger partial charge in [-0.3, -0.25) is 28.1 Å². The number of aromatic nitrogens is 4. The maximum Gasteiger partial charge on any atom is 0.274 e. The number of unbranched alkanes of at least 4 members (excludes halogenated alkanes) is 7. The van der Waals surface area contributed by atoms with E-state index in [9.17, 15) is 57.9 Å². The Hall–Kier alpha value is -2.44. The van der Waals surface area contributed by atoms with Crippen molar-refractivity contribution in [3.05, 3.63) is 12.7 Å². The number of ether oxygens (including phenoxy) is 1. The van der Waals surface area contributed by atoms with Gasteiger partial charge in [0.2, 0.25) is 11.8 Å². The molecular formula is C38H62N7O17P3S-4. The van der Waals surface area contributed by atoms with Gasteiger partial charge in [0.15, 0.2) is 22.8 Å². The van der Waals surface area contributed by atoms with Gasteiger partial charge in [-0.1, -0.05) is 96.7 Å². The number of rotatable bonds is 32. The molecule has 376 valence electrons. The van der Waals surface area contributed by atoms with E-state index in [1.54, 1.807) is 0 Å². The van der Waals surface area contributed by atoms with Crippen molar-refractivity contribution in [1.29, 1.82) is 0 Å². The molecule has 2 fully saturated rings. The minimum Gasteiger partial charge on any atom is -0.790 e. The molecule has 9 atom stereocenters. The second-order valence-electron chi connectivity index (χ2n) is 17.1. The third-order valence-corrected chi connectivity index (χ3v) is 15.1. The molecule has 1 aliphatic heterocycles. The Morgan fingerprint density at radius 2 is 1.59 bits per heavy atom. The van der Waals surface area contributed by atoms with E-state index in [0.717, 1.165) is 60.1 Å². The van der Waals surface area contributed by atoms with E-state index < -0.39 is 84.6 Å². The number of nitrogens with one attached hydrogen (secondary N) is 2. The summed E-state index contributed by atoms with van der Waals surface area (Å²) in [5, 5.41) is 26.5. The highest BCUT2D eigenvalue weighted by molar-refractivity contribution is 8.13. The average molecular weight is 1010 g/mol. The second kappa shape index (κ2) is 26.0.